The summed E-state index contributed by atoms with van der Waals surface area (Å²) >= 11 is 0. The van der Waals surface area contributed by atoms with E-state index in [0.29, 0.717) is 31.5 Å². The molecule has 2 aliphatic heterocycles. The zero-order valence-corrected chi connectivity index (χ0v) is 21.8. The Hall–Kier alpha value is -3.11. The Balaban J connectivity index is 1.39. The van der Waals surface area contributed by atoms with Crippen molar-refractivity contribution in [2.24, 2.45) is 7.05 Å². The summed E-state index contributed by atoms with van der Waals surface area (Å²) in [7, 11) is 1.88. The molecule has 0 radical (unpaired) electrons. The average Bonchev–Trinajstić information content (AvgIpc) is 3.46. The summed E-state index contributed by atoms with van der Waals surface area (Å²) in [4.78, 5) is 19.7. The fourth-order valence-corrected chi connectivity index (χ4v) is 7.09. The first-order chi connectivity index (χ1) is 18.1. The van der Waals surface area contributed by atoms with Crippen LogP contribution in [-0.4, -0.2) is 90.4 Å². The number of hydrogen-bond donors (Lipinski definition) is 1. The first-order valence-corrected chi connectivity index (χ1v) is 13.8. The number of nitrogens with zero attached hydrogens (tertiary/aromatic N) is 8. The molecule has 1 N–H and O–H groups in total. The van der Waals surface area contributed by atoms with Gasteiger partial charge in [0.05, 0.1) is 25.7 Å². The number of hydrogen-bond acceptors (Lipinski definition) is 6. The van der Waals surface area contributed by atoms with Crippen LogP contribution < -0.4 is 5.32 Å². The van der Waals surface area contributed by atoms with Crippen LogP contribution in [-0.2, 0) is 19.1 Å². The van der Waals surface area contributed by atoms with Gasteiger partial charge in [-0.05, 0) is 35.3 Å². The van der Waals surface area contributed by atoms with Gasteiger partial charge in [-0.3, -0.25) is 4.79 Å². The normalized spacial score (nSPS) is 24.4. The number of amides is 1. The monoisotopic (exact) mass is 504 g/mol. The van der Waals surface area contributed by atoms with Crippen LogP contribution in [0.4, 0.5) is 0 Å². The Morgan fingerprint density at radius 3 is 2.62 bits per heavy atom. The van der Waals surface area contributed by atoms with Gasteiger partial charge in [-0.1, -0.05) is 30.3 Å². The first-order valence-electron chi connectivity index (χ1n) is 13.8. The van der Waals surface area contributed by atoms with Gasteiger partial charge in [-0.2, -0.15) is 0 Å². The number of carbonyl (C=O) groups is 1. The number of rotatable bonds is 6. The number of likely N-dealkylation sites (tertiary alicyclic amines) is 1. The highest BCUT2D eigenvalue weighted by atomic mass is 16.2. The second-order valence-electron chi connectivity index (χ2n) is 11.0. The van der Waals surface area contributed by atoms with Crippen LogP contribution in [0.5, 0.6) is 0 Å². The van der Waals surface area contributed by atoms with E-state index < -0.39 is 0 Å². The van der Waals surface area contributed by atoms with Crippen molar-refractivity contribution in [3.05, 3.63) is 59.9 Å². The van der Waals surface area contributed by atoms with E-state index in [2.05, 4.69) is 45.0 Å². The zero-order chi connectivity index (χ0) is 25.3. The molecule has 0 bridgehead atoms. The van der Waals surface area contributed by atoms with Gasteiger partial charge in [0.2, 0.25) is 5.82 Å². The minimum absolute atomic E-state index is 0.0118. The molecule has 2 saturated heterocycles. The van der Waals surface area contributed by atoms with Crippen LogP contribution in [0.15, 0.2) is 42.7 Å². The number of aryl methyl sites for hydroxylation is 1. The molecule has 6 rings (SSSR count). The fraction of sp³-hybridized carbons (Fsp3) is 0.593. The highest BCUT2D eigenvalue weighted by molar-refractivity contribution is 5.90. The summed E-state index contributed by atoms with van der Waals surface area (Å²) in [6, 6.07) is 11.1. The molecular formula is C27H38N9O+. The maximum atomic E-state index is 13.4. The van der Waals surface area contributed by atoms with E-state index in [1.165, 1.54) is 24.8 Å². The summed E-state index contributed by atoms with van der Waals surface area (Å²) < 4.78 is 4.90. The van der Waals surface area contributed by atoms with E-state index in [9.17, 15) is 4.79 Å². The smallest absolute Gasteiger partial charge is 0.289 e. The molecule has 1 unspecified atom stereocenters. The molecule has 0 spiro atoms. The van der Waals surface area contributed by atoms with Gasteiger partial charge >= 0.3 is 0 Å². The SMILES string of the molecule is Cn1ccnc1C(=O)N1CCC(c2nnnn2Cc2ccccc2)([N+]2(C3CCC3)CCCNCC2)CC1. The highest BCUT2D eigenvalue weighted by Gasteiger charge is 2.61. The Bertz CT molecular complexity index is 1200. The molecule has 3 aromatic rings. The Morgan fingerprint density at radius 2 is 1.92 bits per heavy atom. The van der Waals surface area contributed by atoms with Gasteiger partial charge in [-0.15, -0.1) is 5.10 Å². The molecule has 4 heterocycles. The molecule has 3 fully saturated rings. The van der Waals surface area contributed by atoms with Crippen molar-refractivity contribution < 1.29 is 9.28 Å². The summed E-state index contributed by atoms with van der Waals surface area (Å²) in [5.74, 6) is 1.51. The number of benzene rings is 1. The van der Waals surface area contributed by atoms with Crippen molar-refractivity contribution in [1.29, 1.82) is 0 Å². The second-order valence-corrected chi connectivity index (χ2v) is 11.0. The second kappa shape index (κ2) is 9.98. The topological polar surface area (TPSA) is 93.8 Å². The Labute approximate surface area is 218 Å². The Kier molecular flexibility index (Phi) is 6.54. The summed E-state index contributed by atoms with van der Waals surface area (Å²) in [5.41, 5.74) is 0.967. The lowest BCUT2D eigenvalue weighted by Gasteiger charge is -2.60. The first kappa shape index (κ1) is 24.2. The van der Waals surface area contributed by atoms with Crippen molar-refractivity contribution in [3.63, 3.8) is 0 Å². The molecule has 10 nitrogen and oxygen atoms in total. The van der Waals surface area contributed by atoms with E-state index in [1.807, 2.05) is 33.5 Å². The maximum Gasteiger partial charge on any atom is 0.289 e. The number of aromatic nitrogens is 6. The van der Waals surface area contributed by atoms with Crippen LogP contribution >= 0.6 is 0 Å². The third-order valence-corrected chi connectivity index (χ3v) is 9.24. The number of imidazole rings is 1. The zero-order valence-electron chi connectivity index (χ0n) is 21.8. The third-order valence-electron chi connectivity index (χ3n) is 9.24. The van der Waals surface area contributed by atoms with Gasteiger partial charge in [0.1, 0.15) is 0 Å². The average molecular weight is 505 g/mol. The quantitative estimate of drug-likeness (QED) is 0.516. The number of carbonyl (C=O) groups excluding carboxylic acids is 1. The predicted molar refractivity (Wildman–Crippen MR) is 139 cm³/mol. The van der Waals surface area contributed by atoms with E-state index in [1.54, 1.807) is 6.20 Å². The number of nitrogens with one attached hydrogen (secondary N) is 1. The molecule has 2 aromatic heterocycles. The van der Waals surface area contributed by atoms with E-state index >= 15 is 0 Å². The molecule has 1 atom stereocenters. The van der Waals surface area contributed by atoms with Crippen molar-refractivity contribution in [2.75, 3.05) is 39.3 Å². The molecule has 37 heavy (non-hydrogen) atoms. The molecule has 1 aromatic carbocycles. The predicted octanol–water partition coefficient (Wildman–Crippen LogP) is 1.95. The van der Waals surface area contributed by atoms with Gasteiger partial charge in [0, 0.05) is 64.9 Å². The molecule has 1 aliphatic carbocycles. The lowest BCUT2D eigenvalue weighted by molar-refractivity contribution is -1.01. The van der Waals surface area contributed by atoms with Crippen molar-refractivity contribution >= 4 is 5.91 Å². The van der Waals surface area contributed by atoms with Gasteiger partial charge < -0.3 is 19.3 Å². The van der Waals surface area contributed by atoms with Crippen molar-refractivity contribution in [2.45, 2.75) is 56.7 Å². The van der Waals surface area contributed by atoms with E-state index in [4.69, 9.17) is 5.10 Å². The largest absolute Gasteiger partial charge is 0.335 e. The fourth-order valence-electron chi connectivity index (χ4n) is 7.09. The van der Waals surface area contributed by atoms with Crippen LogP contribution in [0.2, 0.25) is 0 Å². The molecule has 3 aliphatic rings. The lowest BCUT2D eigenvalue weighted by Crippen LogP contribution is -2.72. The summed E-state index contributed by atoms with van der Waals surface area (Å²) in [6.45, 7) is 6.30. The highest BCUT2D eigenvalue weighted by Crippen LogP contribution is 2.49. The third kappa shape index (κ3) is 4.16. The molecular weight excluding hydrogens is 466 g/mol. The minimum Gasteiger partial charge on any atom is -0.335 e. The Morgan fingerprint density at radius 1 is 1.11 bits per heavy atom. The van der Waals surface area contributed by atoms with E-state index in [0.717, 1.165) is 55.7 Å². The molecule has 196 valence electrons. The van der Waals surface area contributed by atoms with Crippen LogP contribution in [0.25, 0.3) is 0 Å². The number of piperidine rings is 1. The number of quaternary nitrogens is 1. The molecule has 1 amide bonds. The van der Waals surface area contributed by atoms with E-state index in [-0.39, 0.29) is 11.4 Å². The van der Waals surface area contributed by atoms with Crippen LogP contribution in [0, 0.1) is 0 Å². The summed E-state index contributed by atoms with van der Waals surface area (Å²) in [6.07, 6.45) is 10.2. The van der Waals surface area contributed by atoms with Gasteiger partial charge in [0.15, 0.2) is 11.4 Å². The number of tetrazole rings is 1. The van der Waals surface area contributed by atoms with Crippen molar-refractivity contribution in [1.82, 2.24) is 40.0 Å². The lowest BCUT2D eigenvalue weighted by atomic mass is 9.75. The van der Waals surface area contributed by atoms with Crippen LogP contribution in [0.3, 0.4) is 0 Å². The van der Waals surface area contributed by atoms with Crippen molar-refractivity contribution in [3.8, 4) is 0 Å². The standard InChI is InChI=1S/C27H38N9O/c1-33-18-14-29-24(33)25(37)34-16-11-27(12-17-34,36(23-9-5-10-23)19-6-13-28-15-20-36)26-30-31-32-35(26)21-22-7-3-2-4-8-22/h2-4,7-8,14,18,23,28H,5-6,9-13,15-17,19-21H2,1H3/q+1. The minimum atomic E-state index is -0.228. The van der Waals surface area contributed by atoms with Gasteiger partial charge in [0.25, 0.3) is 5.91 Å². The molecule has 1 saturated carbocycles. The summed E-state index contributed by atoms with van der Waals surface area (Å²) in [5, 5.41) is 17.2. The maximum absolute atomic E-state index is 13.4. The molecule has 10 heteroatoms. The van der Waals surface area contributed by atoms with Gasteiger partial charge in [-0.25, -0.2) is 9.67 Å². The van der Waals surface area contributed by atoms with Crippen LogP contribution in [0.1, 0.15) is 60.5 Å².